The van der Waals surface area contributed by atoms with Gasteiger partial charge in [-0.05, 0) is 55.1 Å². The number of pyridine rings is 1. The maximum Gasteiger partial charge on any atom is 0.339 e. The SMILES string of the molecule is COC(=O)c1ccccc1NC(C)c1cc(C)cc2c(=O)cc(-c3ccc4cnccc4c3)oc12. The summed E-state index contributed by atoms with van der Waals surface area (Å²) >= 11 is 0. The number of rotatable bonds is 5. The zero-order valence-corrected chi connectivity index (χ0v) is 19.7. The number of benzene rings is 3. The summed E-state index contributed by atoms with van der Waals surface area (Å²) in [4.78, 5) is 29.5. The normalized spacial score (nSPS) is 12.0. The van der Waals surface area contributed by atoms with Gasteiger partial charge in [-0.2, -0.15) is 0 Å². The van der Waals surface area contributed by atoms with Crippen molar-refractivity contribution >= 4 is 33.4 Å². The summed E-state index contributed by atoms with van der Waals surface area (Å²) in [5.41, 5.74) is 4.07. The highest BCUT2D eigenvalue weighted by Gasteiger charge is 2.19. The number of anilines is 1. The Morgan fingerprint density at radius 2 is 1.86 bits per heavy atom. The van der Waals surface area contributed by atoms with Crippen LogP contribution in [0.5, 0.6) is 0 Å². The van der Waals surface area contributed by atoms with Crippen LogP contribution in [0.25, 0.3) is 33.1 Å². The van der Waals surface area contributed by atoms with E-state index >= 15 is 0 Å². The maximum absolute atomic E-state index is 13.2. The quantitative estimate of drug-likeness (QED) is 0.309. The number of fused-ring (bicyclic) bond motifs is 2. The van der Waals surface area contributed by atoms with Crippen LogP contribution in [-0.4, -0.2) is 18.1 Å². The molecule has 0 amide bonds. The van der Waals surface area contributed by atoms with Crippen molar-refractivity contribution in [3.8, 4) is 11.3 Å². The molecular weight excluding hydrogens is 440 g/mol. The van der Waals surface area contributed by atoms with Crippen molar-refractivity contribution in [1.29, 1.82) is 0 Å². The minimum atomic E-state index is -0.422. The van der Waals surface area contributed by atoms with Crippen LogP contribution in [0.2, 0.25) is 0 Å². The van der Waals surface area contributed by atoms with Gasteiger partial charge in [-0.15, -0.1) is 0 Å². The standard InChI is InChI=1S/C29H24N2O4/c1-17-12-23(18(2)31-25-7-5-4-6-22(25)29(33)34-3)28-24(13-17)26(32)15-27(35-28)20-8-9-21-16-30-11-10-19(21)14-20/h4-16,18,31H,1-3H3. The van der Waals surface area contributed by atoms with Gasteiger partial charge < -0.3 is 14.5 Å². The van der Waals surface area contributed by atoms with Crippen molar-refractivity contribution < 1.29 is 13.9 Å². The fourth-order valence-corrected chi connectivity index (χ4v) is 4.34. The van der Waals surface area contributed by atoms with Gasteiger partial charge in [0.1, 0.15) is 11.3 Å². The van der Waals surface area contributed by atoms with Gasteiger partial charge in [0, 0.05) is 40.7 Å². The molecule has 1 unspecified atom stereocenters. The molecule has 2 aromatic heterocycles. The first-order chi connectivity index (χ1) is 16.9. The van der Waals surface area contributed by atoms with Crippen LogP contribution in [-0.2, 0) is 4.74 Å². The fourth-order valence-electron chi connectivity index (χ4n) is 4.34. The summed E-state index contributed by atoms with van der Waals surface area (Å²) < 4.78 is 11.3. The lowest BCUT2D eigenvalue weighted by molar-refractivity contribution is 0.0602. The lowest BCUT2D eigenvalue weighted by Crippen LogP contribution is -2.13. The van der Waals surface area contributed by atoms with E-state index in [1.165, 1.54) is 7.11 Å². The van der Waals surface area contributed by atoms with E-state index in [0.717, 1.165) is 27.5 Å². The monoisotopic (exact) mass is 464 g/mol. The highest BCUT2D eigenvalue weighted by atomic mass is 16.5. The van der Waals surface area contributed by atoms with Crippen molar-refractivity contribution in [1.82, 2.24) is 4.98 Å². The first-order valence-electron chi connectivity index (χ1n) is 11.3. The van der Waals surface area contributed by atoms with Gasteiger partial charge >= 0.3 is 5.97 Å². The number of hydrogen-bond acceptors (Lipinski definition) is 6. The van der Waals surface area contributed by atoms with Crippen LogP contribution in [0.15, 0.2) is 88.3 Å². The number of ether oxygens (including phenoxy) is 1. The molecule has 0 aliphatic carbocycles. The van der Waals surface area contributed by atoms with Gasteiger partial charge in [-0.25, -0.2) is 4.79 Å². The molecule has 0 saturated carbocycles. The van der Waals surface area contributed by atoms with Crippen LogP contribution >= 0.6 is 0 Å². The van der Waals surface area contributed by atoms with Gasteiger partial charge in [0.25, 0.3) is 0 Å². The minimum absolute atomic E-state index is 0.108. The lowest BCUT2D eigenvalue weighted by atomic mass is 10.00. The number of methoxy groups -OCH3 is 1. The van der Waals surface area contributed by atoms with Gasteiger partial charge in [-0.1, -0.05) is 30.3 Å². The van der Waals surface area contributed by atoms with E-state index in [1.54, 1.807) is 30.6 Å². The number of nitrogens with one attached hydrogen (secondary N) is 1. The summed E-state index contributed by atoms with van der Waals surface area (Å²) in [6.07, 6.45) is 3.54. The topological polar surface area (TPSA) is 81.4 Å². The Morgan fingerprint density at radius 1 is 1.03 bits per heavy atom. The molecule has 0 spiro atoms. The van der Waals surface area contributed by atoms with Crippen molar-refractivity contribution in [2.24, 2.45) is 0 Å². The molecule has 0 fully saturated rings. The molecule has 35 heavy (non-hydrogen) atoms. The summed E-state index contributed by atoms with van der Waals surface area (Å²) in [5, 5.41) is 5.94. The summed E-state index contributed by atoms with van der Waals surface area (Å²) in [6.45, 7) is 3.92. The third kappa shape index (κ3) is 4.26. The van der Waals surface area contributed by atoms with Crippen LogP contribution < -0.4 is 10.7 Å². The van der Waals surface area contributed by atoms with E-state index in [2.05, 4.69) is 10.3 Å². The molecule has 6 heteroatoms. The summed E-state index contributed by atoms with van der Waals surface area (Å²) in [6, 6.07) is 20.1. The third-order valence-corrected chi connectivity index (χ3v) is 6.10. The largest absolute Gasteiger partial charge is 0.465 e. The van der Waals surface area contributed by atoms with Crippen molar-refractivity contribution in [2.75, 3.05) is 12.4 Å². The molecule has 0 aliphatic rings. The van der Waals surface area contributed by atoms with Crippen LogP contribution in [0.3, 0.4) is 0 Å². The molecule has 3 aromatic carbocycles. The van der Waals surface area contributed by atoms with Crippen LogP contribution in [0.1, 0.15) is 34.5 Å². The first kappa shape index (κ1) is 22.3. The highest BCUT2D eigenvalue weighted by molar-refractivity contribution is 5.95. The van der Waals surface area contributed by atoms with Crippen LogP contribution in [0.4, 0.5) is 5.69 Å². The second-order valence-corrected chi connectivity index (χ2v) is 8.55. The van der Waals surface area contributed by atoms with E-state index in [-0.39, 0.29) is 11.5 Å². The number of hydrogen-bond donors (Lipinski definition) is 1. The first-order valence-corrected chi connectivity index (χ1v) is 11.3. The molecule has 0 radical (unpaired) electrons. The maximum atomic E-state index is 13.2. The summed E-state index contributed by atoms with van der Waals surface area (Å²) in [7, 11) is 1.36. The second kappa shape index (κ2) is 9.06. The van der Waals surface area contributed by atoms with E-state index in [9.17, 15) is 9.59 Å². The van der Waals surface area contributed by atoms with Gasteiger partial charge in [0.15, 0.2) is 5.43 Å². The molecule has 1 N–H and O–H groups in total. The van der Waals surface area contributed by atoms with E-state index in [0.29, 0.717) is 28.0 Å². The molecule has 0 aliphatic heterocycles. The number of nitrogens with zero attached hydrogens (tertiary/aromatic N) is 1. The molecule has 5 rings (SSSR count). The molecule has 0 saturated heterocycles. The Balaban J connectivity index is 1.62. The smallest absolute Gasteiger partial charge is 0.339 e. The van der Waals surface area contributed by atoms with Gasteiger partial charge in [-0.3, -0.25) is 9.78 Å². The van der Waals surface area contributed by atoms with Crippen molar-refractivity contribution in [2.45, 2.75) is 19.9 Å². The van der Waals surface area contributed by atoms with E-state index in [1.807, 2.05) is 62.4 Å². The second-order valence-electron chi connectivity index (χ2n) is 8.55. The number of para-hydroxylation sites is 1. The zero-order valence-electron chi connectivity index (χ0n) is 19.7. The minimum Gasteiger partial charge on any atom is -0.465 e. The van der Waals surface area contributed by atoms with Crippen LogP contribution in [0, 0.1) is 6.92 Å². The van der Waals surface area contributed by atoms with E-state index in [4.69, 9.17) is 9.15 Å². The number of esters is 1. The van der Waals surface area contributed by atoms with Crippen molar-refractivity contribution in [3.63, 3.8) is 0 Å². The molecule has 2 heterocycles. The average molecular weight is 465 g/mol. The summed E-state index contributed by atoms with van der Waals surface area (Å²) in [5.74, 6) is 0.0724. The highest BCUT2D eigenvalue weighted by Crippen LogP contribution is 2.32. The molecule has 6 nitrogen and oxygen atoms in total. The predicted molar refractivity (Wildman–Crippen MR) is 138 cm³/mol. The van der Waals surface area contributed by atoms with Gasteiger partial charge in [0.05, 0.1) is 24.1 Å². The molecule has 5 aromatic rings. The molecule has 1 atom stereocenters. The Hall–Kier alpha value is -4.45. The van der Waals surface area contributed by atoms with Gasteiger partial charge in [0.2, 0.25) is 0 Å². The number of carbonyl (C=O) groups excluding carboxylic acids is 1. The average Bonchev–Trinajstić information content (AvgIpc) is 2.88. The van der Waals surface area contributed by atoms with E-state index < -0.39 is 5.97 Å². The Bertz CT molecular complexity index is 1640. The Kier molecular flexibility index (Phi) is 5.79. The Morgan fingerprint density at radius 3 is 2.69 bits per heavy atom. The number of aryl methyl sites for hydroxylation is 1. The van der Waals surface area contributed by atoms with Crippen molar-refractivity contribution in [3.05, 3.63) is 106 Å². The third-order valence-electron chi connectivity index (χ3n) is 6.10. The molecule has 174 valence electrons. The number of carbonyl (C=O) groups is 1. The Labute approximate surface area is 202 Å². The zero-order chi connectivity index (χ0) is 24.5. The number of aromatic nitrogens is 1. The lowest BCUT2D eigenvalue weighted by Gasteiger charge is -2.19. The molecule has 0 bridgehead atoms. The predicted octanol–water partition coefficient (Wildman–Crippen LogP) is 6.28. The molecular formula is C29H24N2O4. The fraction of sp³-hybridized carbons (Fsp3) is 0.138.